The lowest BCUT2D eigenvalue weighted by molar-refractivity contribution is -0.136. The molecule has 1 aromatic carbocycles. The minimum Gasteiger partial charge on any atom is -0.269 e. The fraction of sp³-hybridized carbons (Fsp3) is 0.294. The Bertz CT molecular complexity index is 1180. The van der Waals surface area contributed by atoms with Gasteiger partial charge in [0.05, 0.1) is 22.3 Å². The van der Waals surface area contributed by atoms with Gasteiger partial charge < -0.3 is 0 Å². The SMILES string of the molecule is Cc1nn(C(C)C)cc1-c1nc2c3cccc(C(F)(F)F)c3nc(Cl)n2n1. The van der Waals surface area contributed by atoms with Crippen LogP contribution < -0.4 is 0 Å². The summed E-state index contributed by atoms with van der Waals surface area (Å²) in [6.07, 6.45) is -2.74. The summed E-state index contributed by atoms with van der Waals surface area (Å²) in [6, 6.07) is 3.95. The molecule has 140 valence electrons. The molecular formula is C17H14ClF3N6. The van der Waals surface area contributed by atoms with E-state index >= 15 is 0 Å². The van der Waals surface area contributed by atoms with Crippen LogP contribution in [0.15, 0.2) is 24.4 Å². The van der Waals surface area contributed by atoms with E-state index in [0.29, 0.717) is 17.1 Å². The van der Waals surface area contributed by atoms with Crippen molar-refractivity contribution in [1.82, 2.24) is 29.4 Å². The van der Waals surface area contributed by atoms with Gasteiger partial charge in [-0.15, -0.1) is 5.10 Å². The Morgan fingerprint density at radius 1 is 1.11 bits per heavy atom. The highest BCUT2D eigenvalue weighted by molar-refractivity contribution is 6.29. The van der Waals surface area contributed by atoms with Crippen molar-refractivity contribution >= 4 is 28.2 Å². The van der Waals surface area contributed by atoms with Gasteiger partial charge >= 0.3 is 6.18 Å². The number of nitrogens with zero attached hydrogens (tertiary/aromatic N) is 6. The third-order valence-corrected chi connectivity index (χ3v) is 4.50. The minimum absolute atomic E-state index is 0.148. The highest BCUT2D eigenvalue weighted by Crippen LogP contribution is 2.36. The van der Waals surface area contributed by atoms with Gasteiger partial charge in [-0.2, -0.15) is 22.8 Å². The summed E-state index contributed by atoms with van der Waals surface area (Å²) < 4.78 is 43.0. The zero-order valence-electron chi connectivity index (χ0n) is 14.6. The molecule has 0 aliphatic rings. The maximum atomic E-state index is 13.3. The summed E-state index contributed by atoms with van der Waals surface area (Å²) in [4.78, 5) is 8.35. The van der Waals surface area contributed by atoms with Crippen LogP contribution in [0.3, 0.4) is 0 Å². The first kappa shape index (κ1) is 17.7. The zero-order valence-corrected chi connectivity index (χ0v) is 15.3. The molecule has 0 saturated carbocycles. The third-order valence-electron chi connectivity index (χ3n) is 4.25. The molecule has 0 radical (unpaired) electrons. The van der Waals surface area contributed by atoms with Crippen LogP contribution >= 0.6 is 11.6 Å². The van der Waals surface area contributed by atoms with Crippen LogP contribution in [0.1, 0.15) is 31.1 Å². The van der Waals surface area contributed by atoms with Gasteiger partial charge in [-0.05, 0) is 44.5 Å². The number of aryl methyl sites for hydroxylation is 1. The summed E-state index contributed by atoms with van der Waals surface area (Å²) >= 11 is 6.12. The number of benzene rings is 1. The molecule has 3 aromatic heterocycles. The van der Waals surface area contributed by atoms with Gasteiger partial charge in [-0.3, -0.25) is 4.68 Å². The molecule has 3 heterocycles. The van der Waals surface area contributed by atoms with E-state index in [2.05, 4.69) is 20.2 Å². The molecule has 0 fully saturated rings. The molecule has 0 unspecified atom stereocenters. The Morgan fingerprint density at radius 2 is 1.85 bits per heavy atom. The van der Waals surface area contributed by atoms with Crippen molar-refractivity contribution in [2.75, 3.05) is 0 Å². The monoisotopic (exact) mass is 394 g/mol. The Morgan fingerprint density at radius 3 is 2.48 bits per heavy atom. The van der Waals surface area contributed by atoms with Crippen molar-refractivity contribution in [3.8, 4) is 11.4 Å². The Balaban J connectivity index is 2.00. The second kappa shape index (κ2) is 5.91. The number of aromatic nitrogens is 6. The first-order valence-corrected chi connectivity index (χ1v) is 8.53. The van der Waals surface area contributed by atoms with Gasteiger partial charge in [-0.1, -0.05) is 6.07 Å². The van der Waals surface area contributed by atoms with Crippen LogP contribution in [0.5, 0.6) is 0 Å². The predicted octanol–water partition coefficient (Wildman–Crippen LogP) is 4.70. The van der Waals surface area contributed by atoms with Crippen molar-refractivity contribution in [2.24, 2.45) is 0 Å². The molecule has 0 N–H and O–H groups in total. The fourth-order valence-electron chi connectivity index (χ4n) is 2.91. The molecule has 6 nitrogen and oxygen atoms in total. The van der Waals surface area contributed by atoms with Gasteiger partial charge in [-0.25, -0.2) is 9.97 Å². The molecular weight excluding hydrogens is 381 g/mol. The number of hydrogen-bond donors (Lipinski definition) is 0. The highest BCUT2D eigenvalue weighted by Gasteiger charge is 2.34. The molecule has 4 rings (SSSR count). The lowest BCUT2D eigenvalue weighted by Crippen LogP contribution is -2.07. The van der Waals surface area contributed by atoms with Crippen LogP contribution in [0.4, 0.5) is 13.2 Å². The van der Waals surface area contributed by atoms with Gasteiger partial charge in [0.1, 0.15) is 0 Å². The fourth-order valence-corrected chi connectivity index (χ4v) is 3.11. The van der Waals surface area contributed by atoms with Crippen LogP contribution in [-0.4, -0.2) is 29.4 Å². The normalized spacial score (nSPS) is 12.6. The molecule has 0 amide bonds. The predicted molar refractivity (Wildman–Crippen MR) is 94.6 cm³/mol. The number of para-hydroxylation sites is 1. The summed E-state index contributed by atoms with van der Waals surface area (Å²) in [6.45, 7) is 5.79. The maximum Gasteiger partial charge on any atom is 0.418 e. The van der Waals surface area contributed by atoms with E-state index in [1.54, 1.807) is 10.9 Å². The third kappa shape index (κ3) is 2.82. The van der Waals surface area contributed by atoms with Crippen molar-refractivity contribution in [2.45, 2.75) is 33.0 Å². The number of alkyl halides is 3. The van der Waals surface area contributed by atoms with E-state index in [4.69, 9.17) is 11.6 Å². The van der Waals surface area contributed by atoms with Crippen molar-refractivity contribution < 1.29 is 13.2 Å². The van der Waals surface area contributed by atoms with Gasteiger partial charge in [0.2, 0.25) is 5.28 Å². The first-order valence-electron chi connectivity index (χ1n) is 8.15. The molecule has 0 atom stereocenters. The topological polar surface area (TPSA) is 60.9 Å². The first-order chi connectivity index (χ1) is 12.7. The summed E-state index contributed by atoms with van der Waals surface area (Å²) in [5, 5.41) is 8.78. The average Bonchev–Trinajstić information content (AvgIpc) is 3.18. The van der Waals surface area contributed by atoms with E-state index in [1.807, 2.05) is 20.8 Å². The Kier molecular flexibility index (Phi) is 3.88. The number of hydrogen-bond acceptors (Lipinski definition) is 4. The molecule has 10 heteroatoms. The molecule has 0 aliphatic carbocycles. The molecule has 0 aliphatic heterocycles. The summed E-state index contributed by atoms with van der Waals surface area (Å²) in [5.41, 5.74) is 0.490. The van der Waals surface area contributed by atoms with Gasteiger partial charge in [0.15, 0.2) is 11.5 Å². The van der Waals surface area contributed by atoms with Crippen molar-refractivity contribution in [3.05, 3.63) is 40.9 Å². The second-order valence-electron chi connectivity index (χ2n) is 6.45. The molecule has 0 bridgehead atoms. The molecule has 0 saturated heterocycles. The largest absolute Gasteiger partial charge is 0.418 e. The smallest absolute Gasteiger partial charge is 0.269 e. The maximum absolute atomic E-state index is 13.3. The Hall–Kier alpha value is -2.68. The lowest BCUT2D eigenvalue weighted by atomic mass is 10.1. The van der Waals surface area contributed by atoms with Gasteiger partial charge in [0, 0.05) is 17.6 Å². The van der Waals surface area contributed by atoms with Crippen LogP contribution in [0, 0.1) is 6.92 Å². The van der Waals surface area contributed by atoms with Crippen molar-refractivity contribution in [1.29, 1.82) is 0 Å². The van der Waals surface area contributed by atoms with E-state index in [-0.39, 0.29) is 27.9 Å². The van der Waals surface area contributed by atoms with E-state index in [1.165, 1.54) is 16.6 Å². The lowest BCUT2D eigenvalue weighted by Gasteiger charge is -2.10. The average molecular weight is 395 g/mol. The van der Waals surface area contributed by atoms with Crippen LogP contribution in [0.25, 0.3) is 27.9 Å². The van der Waals surface area contributed by atoms with E-state index in [0.717, 1.165) is 6.07 Å². The molecule has 0 spiro atoms. The Labute approximate surface area is 156 Å². The molecule has 27 heavy (non-hydrogen) atoms. The van der Waals surface area contributed by atoms with Crippen molar-refractivity contribution in [3.63, 3.8) is 0 Å². The number of fused-ring (bicyclic) bond motifs is 3. The standard InChI is InChI=1S/C17H14ClF3N6/c1-8(2)26-7-11(9(3)24-26)14-23-15-10-5-4-6-12(17(19,20)21)13(10)22-16(18)27(15)25-14/h4-8H,1-3H3. The second-order valence-corrected chi connectivity index (χ2v) is 6.79. The zero-order chi connectivity index (χ0) is 19.5. The van der Waals surface area contributed by atoms with E-state index < -0.39 is 11.7 Å². The highest BCUT2D eigenvalue weighted by atomic mass is 35.5. The quantitative estimate of drug-likeness (QED) is 0.462. The van der Waals surface area contributed by atoms with Crippen LogP contribution in [0.2, 0.25) is 5.28 Å². The summed E-state index contributed by atoms with van der Waals surface area (Å²) in [5.74, 6) is 0.327. The molecule has 4 aromatic rings. The summed E-state index contributed by atoms with van der Waals surface area (Å²) in [7, 11) is 0. The van der Waals surface area contributed by atoms with Crippen LogP contribution in [-0.2, 0) is 6.18 Å². The van der Waals surface area contributed by atoms with E-state index in [9.17, 15) is 13.2 Å². The van der Waals surface area contributed by atoms with Gasteiger partial charge in [0.25, 0.3) is 0 Å². The minimum atomic E-state index is -4.55. The number of halogens is 4. The number of rotatable bonds is 2.